The van der Waals surface area contributed by atoms with Gasteiger partial charge in [0.1, 0.15) is 6.10 Å². The zero-order chi connectivity index (χ0) is 14.8. The molecule has 0 spiro atoms. The molecule has 3 rings (SSSR count). The molecule has 0 saturated carbocycles. The van der Waals surface area contributed by atoms with Crippen LogP contribution in [-0.4, -0.2) is 53.9 Å². The third kappa shape index (κ3) is 3.27. The van der Waals surface area contributed by atoms with Crippen LogP contribution in [0.5, 0.6) is 0 Å². The summed E-state index contributed by atoms with van der Waals surface area (Å²) in [6.45, 7) is 7.24. The highest BCUT2D eigenvalue weighted by Gasteiger charge is 2.35. The van der Waals surface area contributed by atoms with Gasteiger partial charge in [0.25, 0.3) is 0 Å². The molecule has 2 aliphatic heterocycles. The van der Waals surface area contributed by atoms with Crippen molar-refractivity contribution in [3.63, 3.8) is 0 Å². The zero-order valence-electron chi connectivity index (χ0n) is 13.2. The molecule has 3 atom stereocenters. The van der Waals surface area contributed by atoms with Gasteiger partial charge in [0.2, 0.25) is 11.7 Å². The Kier molecular flexibility index (Phi) is 4.57. The molecule has 1 aromatic heterocycles. The highest BCUT2D eigenvalue weighted by atomic mass is 16.5. The molecule has 0 aromatic carbocycles. The first-order valence-corrected chi connectivity index (χ1v) is 8.02. The average molecular weight is 294 g/mol. The van der Waals surface area contributed by atoms with Crippen molar-refractivity contribution < 1.29 is 9.26 Å². The van der Waals surface area contributed by atoms with E-state index in [1.165, 1.54) is 19.4 Å². The van der Waals surface area contributed by atoms with E-state index in [4.69, 9.17) is 9.26 Å². The Hall–Kier alpha value is -0.980. The predicted octanol–water partition coefficient (Wildman–Crippen LogP) is 1.39. The molecule has 2 aliphatic rings. The van der Waals surface area contributed by atoms with Crippen LogP contribution in [0.15, 0.2) is 4.52 Å². The van der Waals surface area contributed by atoms with Crippen molar-refractivity contribution in [3.05, 3.63) is 11.7 Å². The fraction of sp³-hybridized carbons (Fsp3) is 0.867. The standard InChI is InChI=1S/C15H26N4O2/c1-10(2)12(16-3)7-14-17-15(18-21-14)13-8-19-6-4-5-11(19)9-20-13/h10-13,16H,4-9H2,1-3H3. The van der Waals surface area contributed by atoms with Gasteiger partial charge in [-0.05, 0) is 32.4 Å². The van der Waals surface area contributed by atoms with Gasteiger partial charge >= 0.3 is 0 Å². The van der Waals surface area contributed by atoms with Gasteiger partial charge in [-0.1, -0.05) is 19.0 Å². The van der Waals surface area contributed by atoms with Crippen LogP contribution in [0.1, 0.15) is 44.5 Å². The Bertz CT molecular complexity index is 462. The first-order chi connectivity index (χ1) is 10.2. The predicted molar refractivity (Wildman–Crippen MR) is 79.0 cm³/mol. The first-order valence-electron chi connectivity index (χ1n) is 8.02. The molecule has 0 bridgehead atoms. The lowest BCUT2D eigenvalue weighted by Gasteiger charge is -2.33. The second-order valence-electron chi connectivity index (χ2n) is 6.50. The maximum atomic E-state index is 5.93. The van der Waals surface area contributed by atoms with Crippen molar-refractivity contribution in [1.29, 1.82) is 0 Å². The van der Waals surface area contributed by atoms with Crippen LogP contribution in [0, 0.1) is 5.92 Å². The summed E-state index contributed by atoms with van der Waals surface area (Å²) in [6.07, 6.45) is 3.25. The van der Waals surface area contributed by atoms with Crippen molar-refractivity contribution in [3.8, 4) is 0 Å². The van der Waals surface area contributed by atoms with Gasteiger partial charge in [-0.15, -0.1) is 0 Å². The molecule has 118 valence electrons. The smallest absolute Gasteiger partial charge is 0.228 e. The van der Waals surface area contributed by atoms with Crippen LogP contribution < -0.4 is 5.32 Å². The zero-order valence-corrected chi connectivity index (χ0v) is 13.2. The van der Waals surface area contributed by atoms with E-state index in [-0.39, 0.29) is 6.10 Å². The molecule has 3 unspecified atom stereocenters. The normalized spacial score (nSPS) is 28.0. The Balaban J connectivity index is 1.62. The third-order valence-corrected chi connectivity index (χ3v) is 4.73. The number of morpholine rings is 1. The Morgan fingerprint density at radius 2 is 2.29 bits per heavy atom. The number of nitrogens with zero attached hydrogens (tertiary/aromatic N) is 3. The molecule has 1 aromatic rings. The van der Waals surface area contributed by atoms with Crippen LogP contribution in [0.25, 0.3) is 0 Å². The largest absolute Gasteiger partial charge is 0.367 e. The molecular formula is C15H26N4O2. The lowest BCUT2D eigenvalue weighted by atomic mass is 10.0. The van der Waals surface area contributed by atoms with E-state index < -0.39 is 0 Å². The maximum absolute atomic E-state index is 5.93. The van der Waals surface area contributed by atoms with Crippen LogP contribution >= 0.6 is 0 Å². The van der Waals surface area contributed by atoms with Gasteiger partial charge in [0, 0.05) is 25.0 Å². The minimum absolute atomic E-state index is 0.0380. The summed E-state index contributed by atoms with van der Waals surface area (Å²) in [4.78, 5) is 7.04. The van der Waals surface area contributed by atoms with E-state index >= 15 is 0 Å². The number of likely N-dealkylation sites (N-methyl/N-ethyl adjacent to an activating group) is 1. The number of rotatable bonds is 5. The van der Waals surface area contributed by atoms with Gasteiger partial charge in [-0.2, -0.15) is 4.98 Å². The molecule has 21 heavy (non-hydrogen) atoms. The summed E-state index contributed by atoms with van der Waals surface area (Å²) in [6, 6.07) is 0.954. The van der Waals surface area contributed by atoms with Gasteiger partial charge in [-0.3, -0.25) is 4.90 Å². The highest BCUT2D eigenvalue weighted by Crippen LogP contribution is 2.28. The lowest BCUT2D eigenvalue weighted by Crippen LogP contribution is -2.42. The van der Waals surface area contributed by atoms with E-state index in [0.717, 1.165) is 19.6 Å². The van der Waals surface area contributed by atoms with E-state index in [0.29, 0.717) is 29.7 Å². The monoisotopic (exact) mass is 294 g/mol. The van der Waals surface area contributed by atoms with Gasteiger partial charge in [0.15, 0.2) is 0 Å². The average Bonchev–Trinajstić information content (AvgIpc) is 3.12. The lowest BCUT2D eigenvalue weighted by molar-refractivity contribution is -0.0548. The summed E-state index contributed by atoms with van der Waals surface area (Å²) >= 11 is 0. The molecule has 2 fully saturated rings. The maximum Gasteiger partial charge on any atom is 0.228 e. The summed E-state index contributed by atoms with van der Waals surface area (Å²) in [5.41, 5.74) is 0. The van der Waals surface area contributed by atoms with E-state index in [2.05, 4.69) is 34.2 Å². The Labute approximate surface area is 126 Å². The minimum Gasteiger partial charge on any atom is -0.367 e. The Morgan fingerprint density at radius 3 is 3.05 bits per heavy atom. The molecule has 0 aliphatic carbocycles. The van der Waals surface area contributed by atoms with Crippen molar-refractivity contribution >= 4 is 0 Å². The number of ether oxygens (including phenoxy) is 1. The molecule has 3 heterocycles. The Morgan fingerprint density at radius 1 is 1.43 bits per heavy atom. The first kappa shape index (κ1) is 14.9. The van der Waals surface area contributed by atoms with Crippen molar-refractivity contribution in [2.75, 3.05) is 26.7 Å². The summed E-state index contributed by atoms with van der Waals surface area (Å²) in [5, 5.41) is 7.44. The van der Waals surface area contributed by atoms with Gasteiger partial charge in [0.05, 0.1) is 6.61 Å². The molecule has 6 nitrogen and oxygen atoms in total. The third-order valence-electron chi connectivity index (χ3n) is 4.73. The topological polar surface area (TPSA) is 63.4 Å². The molecule has 2 saturated heterocycles. The quantitative estimate of drug-likeness (QED) is 0.885. The van der Waals surface area contributed by atoms with Gasteiger partial charge < -0.3 is 14.6 Å². The van der Waals surface area contributed by atoms with Crippen LogP contribution in [-0.2, 0) is 11.2 Å². The molecule has 0 radical (unpaired) electrons. The van der Waals surface area contributed by atoms with Crippen LogP contribution in [0.4, 0.5) is 0 Å². The molecular weight excluding hydrogens is 268 g/mol. The second kappa shape index (κ2) is 6.42. The van der Waals surface area contributed by atoms with Crippen molar-refractivity contribution in [2.24, 2.45) is 5.92 Å². The molecule has 0 amide bonds. The number of hydrogen-bond acceptors (Lipinski definition) is 6. The molecule has 1 N–H and O–H groups in total. The fourth-order valence-electron chi connectivity index (χ4n) is 3.31. The SMILES string of the molecule is CNC(Cc1nc(C2CN3CCCC3CO2)no1)C(C)C. The summed E-state index contributed by atoms with van der Waals surface area (Å²) in [7, 11) is 1.97. The minimum atomic E-state index is -0.0380. The van der Waals surface area contributed by atoms with Crippen LogP contribution in [0.3, 0.4) is 0 Å². The van der Waals surface area contributed by atoms with E-state index in [9.17, 15) is 0 Å². The molecule has 6 heteroatoms. The van der Waals surface area contributed by atoms with E-state index in [1.54, 1.807) is 0 Å². The van der Waals surface area contributed by atoms with Crippen molar-refractivity contribution in [1.82, 2.24) is 20.4 Å². The second-order valence-corrected chi connectivity index (χ2v) is 6.50. The fourth-order valence-corrected chi connectivity index (χ4v) is 3.31. The highest BCUT2D eigenvalue weighted by molar-refractivity contribution is 4.98. The summed E-state index contributed by atoms with van der Waals surface area (Å²) < 4.78 is 11.3. The van der Waals surface area contributed by atoms with Crippen molar-refractivity contribution in [2.45, 2.75) is 51.3 Å². The van der Waals surface area contributed by atoms with E-state index in [1.807, 2.05) is 7.05 Å². The van der Waals surface area contributed by atoms with Gasteiger partial charge in [-0.25, -0.2) is 0 Å². The summed E-state index contributed by atoms with van der Waals surface area (Å²) in [5.74, 6) is 1.93. The number of fused-ring (bicyclic) bond motifs is 1. The number of hydrogen-bond donors (Lipinski definition) is 1. The van der Waals surface area contributed by atoms with Crippen LogP contribution in [0.2, 0.25) is 0 Å². The number of aromatic nitrogens is 2. The number of nitrogens with one attached hydrogen (secondary N) is 1.